The van der Waals surface area contributed by atoms with E-state index in [-0.39, 0.29) is 12.4 Å². The number of halogens is 1. The fourth-order valence-corrected chi connectivity index (χ4v) is 2.11. The number of nitrogens with zero attached hydrogens (tertiary/aromatic N) is 1. The van der Waals surface area contributed by atoms with Crippen molar-refractivity contribution < 1.29 is 18.3 Å². The van der Waals surface area contributed by atoms with Crippen LogP contribution in [0.3, 0.4) is 0 Å². The molecule has 0 spiro atoms. The molecule has 0 atom stereocenters. The minimum absolute atomic E-state index is 0.00663. The molecule has 0 fully saturated rings. The summed E-state index contributed by atoms with van der Waals surface area (Å²) < 4.78 is 24.9. The molecule has 0 unspecified atom stereocenters. The summed E-state index contributed by atoms with van der Waals surface area (Å²) >= 11 is 0. The molecule has 23 heavy (non-hydrogen) atoms. The van der Waals surface area contributed by atoms with Crippen molar-refractivity contribution >= 4 is 22.7 Å². The van der Waals surface area contributed by atoms with Crippen molar-refractivity contribution in [2.45, 2.75) is 0 Å². The van der Waals surface area contributed by atoms with Crippen LogP contribution in [0.15, 0.2) is 51.7 Å². The molecule has 0 aliphatic heterocycles. The van der Waals surface area contributed by atoms with Gasteiger partial charge in [-0.25, -0.2) is 9.18 Å². The Morgan fingerprint density at radius 3 is 2.87 bits per heavy atom. The Morgan fingerprint density at radius 1 is 1.30 bits per heavy atom. The average molecular weight is 316 g/mol. The van der Waals surface area contributed by atoms with E-state index in [0.717, 1.165) is 0 Å². The van der Waals surface area contributed by atoms with E-state index in [1.807, 2.05) is 0 Å². The number of hydrogen-bond acceptors (Lipinski definition) is 4. The number of para-hydroxylation sites is 1. The lowest BCUT2D eigenvalue weighted by atomic mass is 10.3. The Morgan fingerprint density at radius 2 is 2.09 bits per heavy atom. The van der Waals surface area contributed by atoms with Gasteiger partial charge in [0.1, 0.15) is 0 Å². The molecule has 2 aromatic carbocycles. The van der Waals surface area contributed by atoms with Gasteiger partial charge in [0.25, 0.3) is 5.91 Å². The van der Waals surface area contributed by atoms with E-state index in [1.165, 1.54) is 28.8 Å². The average Bonchev–Trinajstić information content (AvgIpc) is 2.81. The van der Waals surface area contributed by atoms with E-state index in [2.05, 4.69) is 5.32 Å². The molecule has 6 nitrogen and oxygen atoms in total. The second kappa shape index (κ2) is 5.96. The van der Waals surface area contributed by atoms with E-state index < -0.39 is 17.5 Å². The number of aromatic nitrogens is 1. The molecule has 0 bridgehead atoms. The van der Waals surface area contributed by atoms with E-state index in [9.17, 15) is 14.0 Å². The number of fused-ring (bicyclic) bond motifs is 1. The number of nitrogens with one attached hydrogen (secondary N) is 1. The number of hydrogen-bond donors (Lipinski definition) is 1. The molecule has 1 heterocycles. The summed E-state index contributed by atoms with van der Waals surface area (Å²) in [5, 5.41) is 2.59. The van der Waals surface area contributed by atoms with Gasteiger partial charge < -0.3 is 14.5 Å². The highest BCUT2D eigenvalue weighted by Gasteiger charge is 2.10. The zero-order valence-corrected chi connectivity index (χ0v) is 12.2. The molecule has 7 heteroatoms. The van der Waals surface area contributed by atoms with E-state index >= 15 is 0 Å². The molecule has 0 aliphatic carbocycles. The summed E-state index contributed by atoms with van der Waals surface area (Å²) in [6.07, 6.45) is 0. The molecule has 1 aromatic heterocycles. The number of amides is 1. The maximum Gasteiger partial charge on any atom is 0.419 e. The third-order valence-electron chi connectivity index (χ3n) is 3.27. The van der Waals surface area contributed by atoms with Crippen LogP contribution in [0.5, 0.6) is 5.75 Å². The molecule has 3 rings (SSSR count). The lowest BCUT2D eigenvalue weighted by Crippen LogP contribution is -2.20. The van der Waals surface area contributed by atoms with Crippen molar-refractivity contribution in [1.29, 1.82) is 0 Å². The largest absolute Gasteiger partial charge is 0.481 e. The van der Waals surface area contributed by atoms with Crippen LogP contribution in [0.1, 0.15) is 0 Å². The van der Waals surface area contributed by atoms with Gasteiger partial charge in [-0.2, -0.15) is 0 Å². The molecule has 118 valence electrons. The Balaban J connectivity index is 1.68. The maximum absolute atomic E-state index is 13.4. The SMILES string of the molecule is Cn1c(=O)oc2cc(NC(=O)COc3ccccc3F)ccc21. The second-order valence-corrected chi connectivity index (χ2v) is 4.88. The highest BCUT2D eigenvalue weighted by Crippen LogP contribution is 2.18. The minimum Gasteiger partial charge on any atom is -0.481 e. The number of rotatable bonds is 4. The second-order valence-electron chi connectivity index (χ2n) is 4.88. The topological polar surface area (TPSA) is 73.5 Å². The number of ether oxygens (including phenoxy) is 1. The predicted octanol–water partition coefficient (Wildman–Crippen LogP) is 2.29. The first-order valence-corrected chi connectivity index (χ1v) is 6.81. The van der Waals surface area contributed by atoms with Gasteiger partial charge in [-0.1, -0.05) is 12.1 Å². The van der Waals surface area contributed by atoms with Crippen molar-refractivity contribution in [1.82, 2.24) is 4.57 Å². The first-order valence-electron chi connectivity index (χ1n) is 6.81. The number of anilines is 1. The molecule has 0 saturated heterocycles. The van der Waals surface area contributed by atoms with Crippen molar-refractivity contribution in [2.75, 3.05) is 11.9 Å². The molecule has 1 amide bonds. The zero-order valence-electron chi connectivity index (χ0n) is 12.2. The summed E-state index contributed by atoms with van der Waals surface area (Å²) in [5.74, 6) is -1.46. The van der Waals surface area contributed by atoms with E-state index in [0.29, 0.717) is 16.8 Å². The number of benzene rings is 2. The normalized spacial score (nSPS) is 10.7. The summed E-state index contributed by atoms with van der Waals surface area (Å²) in [6.45, 7) is -0.336. The van der Waals surface area contributed by atoms with Gasteiger partial charge in [-0.3, -0.25) is 9.36 Å². The van der Waals surface area contributed by atoms with Gasteiger partial charge in [0.05, 0.1) is 5.52 Å². The van der Waals surface area contributed by atoms with E-state index in [4.69, 9.17) is 9.15 Å². The van der Waals surface area contributed by atoms with Crippen LogP contribution in [0.25, 0.3) is 11.1 Å². The van der Waals surface area contributed by atoms with Gasteiger partial charge in [-0.05, 0) is 24.3 Å². The van der Waals surface area contributed by atoms with E-state index in [1.54, 1.807) is 25.2 Å². The zero-order chi connectivity index (χ0) is 16.4. The van der Waals surface area contributed by atoms with Crippen molar-refractivity contribution in [3.05, 3.63) is 58.8 Å². The standard InChI is InChI=1S/C16H13FN2O4/c1-19-12-7-6-10(8-14(12)23-16(19)21)18-15(20)9-22-13-5-3-2-4-11(13)17/h2-8H,9H2,1H3,(H,18,20). The number of oxazole rings is 1. The van der Waals surface area contributed by atoms with Crippen LogP contribution in [0.4, 0.5) is 10.1 Å². The molecule has 0 radical (unpaired) electrons. The third kappa shape index (κ3) is 3.08. The van der Waals surface area contributed by atoms with Crippen molar-refractivity contribution in [3.63, 3.8) is 0 Å². The van der Waals surface area contributed by atoms with Gasteiger partial charge in [0, 0.05) is 18.8 Å². The first kappa shape index (κ1) is 14.8. The molecule has 3 aromatic rings. The fourth-order valence-electron chi connectivity index (χ4n) is 2.11. The maximum atomic E-state index is 13.4. The minimum atomic E-state index is -0.534. The summed E-state index contributed by atoms with van der Waals surface area (Å²) in [6, 6.07) is 10.7. The third-order valence-corrected chi connectivity index (χ3v) is 3.27. The van der Waals surface area contributed by atoms with Gasteiger partial charge in [0.2, 0.25) is 0 Å². The monoisotopic (exact) mass is 316 g/mol. The Labute approximate surface area is 130 Å². The fraction of sp³-hybridized carbons (Fsp3) is 0.125. The summed E-state index contributed by atoms with van der Waals surface area (Å²) in [4.78, 5) is 23.3. The molecule has 1 N–H and O–H groups in total. The summed E-state index contributed by atoms with van der Waals surface area (Å²) in [5.41, 5.74) is 1.44. The quantitative estimate of drug-likeness (QED) is 0.801. The molecular weight excluding hydrogens is 303 g/mol. The van der Waals surface area contributed by atoms with Crippen LogP contribution in [-0.2, 0) is 11.8 Å². The van der Waals surface area contributed by atoms with Gasteiger partial charge in [-0.15, -0.1) is 0 Å². The lowest BCUT2D eigenvalue weighted by Gasteiger charge is -2.08. The highest BCUT2D eigenvalue weighted by atomic mass is 19.1. The molecular formula is C16H13FN2O4. The summed E-state index contributed by atoms with van der Waals surface area (Å²) in [7, 11) is 1.59. The Kier molecular flexibility index (Phi) is 3.84. The molecule has 0 saturated carbocycles. The smallest absolute Gasteiger partial charge is 0.419 e. The predicted molar refractivity (Wildman–Crippen MR) is 82.0 cm³/mol. The van der Waals surface area contributed by atoms with Gasteiger partial charge in [0.15, 0.2) is 23.8 Å². The van der Waals surface area contributed by atoms with Crippen LogP contribution >= 0.6 is 0 Å². The number of carbonyl (C=O) groups is 1. The van der Waals surface area contributed by atoms with Crippen LogP contribution in [-0.4, -0.2) is 17.1 Å². The Bertz CT molecular complexity index is 929. The van der Waals surface area contributed by atoms with Crippen molar-refractivity contribution in [3.8, 4) is 5.75 Å². The number of aryl methyl sites for hydroxylation is 1. The first-order chi connectivity index (χ1) is 11.0. The van der Waals surface area contributed by atoms with Crippen LogP contribution in [0, 0.1) is 5.82 Å². The highest BCUT2D eigenvalue weighted by molar-refractivity contribution is 5.93. The Hall–Kier alpha value is -3.09. The number of carbonyl (C=O) groups excluding carboxylic acids is 1. The lowest BCUT2D eigenvalue weighted by molar-refractivity contribution is -0.118. The van der Waals surface area contributed by atoms with Crippen LogP contribution in [0.2, 0.25) is 0 Å². The van der Waals surface area contributed by atoms with Gasteiger partial charge >= 0.3 is 5.76 Å². The van der Waals surface area contributed by atoms with Crippen LogP contribution < -0.4 is 15.8 Å². The molecule has 0 aliphatic rings. The van der Waals surface area contributed by atoms with Crippen molar-refractivity contribution in [2.24, 2.45) is 7.05 Å².